The van der Waals surface area contributed by atoms with E-state index in [1.54, 1.807) is 19.4 Å². The molecule has 0 spiro atoms. The summed E-state index contributed by atoms with van der Waals surface area (Å²) in [6.07, 6.45) is 1.67. The summed E-state index contributed by atoms with van der Waals surface area (Å²) in [6.45, 7) is 1.84. The van der Waals surface area contributed by atoms with Gasteiger partial charge in [-0.15, -0.1) is 0 Å². The van der Waals surface area contributed by atoms with Crippen molar-refractivity contribution >= 4 is 39.4 Å². The Morgan fingerprint density at radius 2 is 1.80 bits per heavy atom. The Labute approximate surface area is 184 Å². The molecule has 3 aromatic carbocycles. The molecule has 154 valence electrons. The zero-order valence-corrected chi connectivity index (χ0v) is 18.3. The number of hydrazone groups is 1. The minimum Gasteiger partial charge on any atom is -0.493 e. The lowest BCUT2D eigenvalue weighted by atomic mass is 10.2. The van der Waals surface area contributed by atoms with Crippen LogP contribution in [0.5, 0.6) is 11.5 Å². The number of amides is 1. The Kier molecular flexibility index (Phi) is 7.45. The van der Waals surface area contributed by atoms with Gasteiger partial charge in [0.2, 0.25) is 0 Å². The van der Waals surface area contributed by atoms with Crippen LogP contribution >= 0.6 is 15.9 Å². The number of benzene rings is 3. The first-order chi connectivity index (χ1) is 14.5. The van der Waals surface area contributed by atoms with Crippen LogP contribution in [0.4, 0.5) is 11.4 Å². The van der Waals surface area contributed by atoms with Crippen LogP contribution in [0.3, 0.4) is 0 Å². The van der Waals surface area contributed by atoms with E-state index in [1.807, 2.05) is 67.6 Å². The van der Waals surface area contributed by atoms with E-state index < -0.39 is 0 Å². The number of carbonyl (C=O) groups is 1. The Balaban J connectivity index is 1.63. The number of ether oxygens (including phenoxy) is 2. The molecule has 0 saturated heterocycles. The molecule has 2 N–H and O–H groups in total. The van der Waals surface area contributed by atoms with Crippen molar-refractivity contribution in [1.82, 2.24) is 0 Å². The fourth-order valence-corrected chi connectivity index (χ4v) is 3.19. The number of nitrogens with one attached hydrogen (secondary N) is 2. The minimum atomic E-state index is -0.259. The quantitative estimate of drug-likeness (QED) is 0.351. The molecule has 0 fully saturated rings. The van der Waals surface area contributed by atoms with Crippen molar-refractivity contribution in [2.45, 2.75) is 6.92 Å². The SMILES string of the molecule is COc1cc(C=NNc2ccccc2)cc(Br)c1OCC(=O)Nc1ccc(C)cc1. The summed E-state index contributed by atoms with van der Waals surface area (Å²) in [5.41, 5.74) is 6.50. The third-order valence-corrected chi connectivity index (χ3v) is 4.70. The van der Waals surface area contributed by atoms with Gasteiger partial charge < -0.3 is 14.8 Å². The summed E-state index contributed by atoms with van der Waals surface area (Å²) in [5.74, 6) is 0.684. The smallest absolute Gasteiger partial charge is 0.262 e. The van der Waals surface area contributed by atoms with Gasteiger partial charge in [0.1, 0.15) is 0 Å². The van der Waals surface area contributed by atoms with Crippen molar-refractivity contribution in [2.75, 3.05) is 24.5 Å². The maximum Gasteiger partial charge on any atom is 0.262 e. The number of nitrogens with zero attached hydrogens (tertiary/aromatic N) is 1. The number of carbonyl (C=O) groups excluding carboxylic acids is 1. The van der Waals surface area contributed by atoms with Gasteiger partial charge in [0.05, 0.1) is 23.5 Å². The third kappa shape index (κ3) is 6.09. The van der Waals surface area contributed by atoms with Crippen LogP contribution in [0, 0.1) is 6.92 Å². The lowest BCUT2D eigenvalue weighted by Crippen LogP contribution is -2.20. The highest BCUT2D eigenvalue weighted by Crippen LogP contribution is 2.36. The van der Waals surface area contributed by atoms with Crippen molar-refractivity contribution in [3.05, 3.63) is 82.3 Å². The molecule has 0 heterocycles. The zero-order valence-electron chi connectivity index (χ0n) is 16.7. The average Bonchev–Trinajstić information content (AvgIpc) is 2.75. The first-order valence-electron chi connectivity index (χ1n) is 9.26. The number of anilines is 2. The molecule has 3 aromatic rings. The van der Waals surface area contributed by atoms with E-state index in [0.717, 1.165) is 22.5 Å². The van der Waals surface area contributed by atoms with E-state index in [2.05, 4.69) is 31.8 Å². The van der Waals surface area contributed by atoms with Crippen LogP contribution in [-0.4, -0.2) is 25.8 Å². The van der Waals surface area contributed by atoms with Crippen molar-refractivity contribution < 1.29 is 14.3 Å². The fraction of sp³-hybridized carbons (Fsp3) is 0.130. The van der Waals surface area contributed by atoms with E-state index in [9.17, 15) is 4.79 Å². The number of methoxy groups -OCH3 is 1. The van der Waals surface area contributed by atoms with Crippen molar-refractivity contribution in [2.24, 2.45) is 5.10 Å². The largest absolute Gasteiger partial charge is 0.493 e. The highest BCUT2D eigenvalue weighted by Gasteiger charge is 2.13. The van der Waals surface area contributed by atoms with Gasteiger partial charge in [0.15, 0.2) is 18.1 Å². The molecule has 0 aromatic heterocycles. The molecule has 0 aliphatic carbocycles. The van der Waals surface area contributed by atoms with Crippen LogP contribution in [-0.2, 0) is 4.79 Å². The molecule has 0 bridgehead atoms. The first kappa shape index (κ1) is 21.4. The molecule has 7 heteroatoms. The topological polar surface area (TPSA) is 71.9 Å². The van der Waals surface area contributed by atoms with Crippen LogP contribution in [0.25, 0.3) is 0 Å². The number of aryl methyl sites for hydroxylation is 1. The van der Waals surface area contributed by atoms with Crippen molar-refractivity contribution in [3.63, 3.8) is 0 Å². The van der Waals surface area contributed by atoms with E-state index in [4.69, 9.17) is 9.47 Å². The molecule has 30 heavy (non-hydrogen) atoms. The number of hydrogen-bond donors (Lipinski definition) is 2. The monoisotopic (exact) mass is 467 g/mol. The number of hydrogen-bond acceptors (Lipinski definition) is 5. The van der Waals surface area contributed by atoms with Crippen LogP contribution < -0.4 is 20.2 Å². The van der Waals surface area contributed by atoms with E-state index in [0.29, 0.717) is 16.0 Å². The maximum atomic E-state index is 12.2. The van der Waals surface area contributed by atoms with Gasteiger partial charge in [0.25, 0.3) is 5.91 Å². The standard InChI is InChI=1S/C23H22BrN3O3/c1-16-8-10-18(11-9-16)26-22(28)15-30-23-20(24)12-17(13-21(23)29-2)14-25-27-19-6-4-3-5-7-19/h3-14,27H,15H2,1-2H3,(H,26,28). The Bertz CT molecular complexity index is 1020. The molecule has 0 unspecified atom stereocenters. The average molecular weight is 468 g/mol. The molecule has 0 radical (unpaired) electrons. The minimum absolute atomic E-state index is 0.147. The molecular weight excluding hydrogens is 446 g/mol. The molecular formula is C23H22BrN3O3. The van der Waals surface area contributed by atoms with E-state index in [-0.39, 0.29) is 12.5 Å². The number of para-hydroxylation sites is 1. The maximum absolute atomic E-state index is 12.2. The first-order valence-corrected chi connectivity index (χ1v) is 10.1. The molecule has 3 rings (SSSR count). The fourth-order valence-electron chi connectivity index (χ4n) is 2.62. The van der Waals surface area contributed by atoms with E-state index >= 15 is 0 Å². The molecule has 0 aliphatic heterocycles. The van der Waals surface area contributed by atoms with E-state index in [1.165, 1.54) is 0 Å². The normalized spacial score (nSPS) is 10.6. The van der Waals surface area contributed by atoms with Gasteiger partial charge in [0, 0.05) is 5.69 Å². The second-order valence-corrected chi connectivity index (χ2v) is 7.33. The van der Waals surface area contributed by atoms with Crippen molar-refractivity contribution in [1.29, 1.82) is 0 Å². The number of halogens is 1. The van der Waals surface area contributed by atoms with Crippen LogP contribution in [0.15, 0.2) is 76.3 Å². The highest BCUT2D eigenvalue weighted by atomic mass is 79.9. The van der Waals surface area contributed by atoms with Gasteiger partial charge >= 0.3 is 0 Å². The van der Waals surface area contributed by atoms with Crippen molar-refractivity contribution in [3.8, 4) is 11.5 Å². The summed E-state index contributed by atoms with van der Waals surface area (Å²) in [6, 6.07) is 20.8. The third-order valence-electron chi connectivity index (χ3n) is 4.12. The summed E-state index contributed by atoms with van der Waals surface area (Å²) >= 11 is 3.48. The lowest BCUT2D eigenvalue weighted by Gasteiger charge is -2.13. The summed E-state index contributed by atoms with van der Waals surface area (Å²) < 4.78 is 11.8. The van der Waals surface area contributed by atoms with Crippen LogP contribution in [0.2, 0.25) is 0 Å². The van der Waals surface area contributed by atoms with Crippen LogP contribution in [0.1, 0.15) is 11.1 Å². The van der Waals surface area contributed by atoms with Gasteiger partial charge in [-0.2, -0.15) is 5.10 Å². The second-order valence-electron chi connectivity index (χ2n) is 6.47. The van der Waals surface area contributed by atoms with Gasteiger partial charge in [-0.25, -0.2) is 0 Å². The molecule has 6 nitrogen and oxygen atoms in total. The number of rotatable bonds is 8. The van der Waals surface area contributed by atoms with Gasteiger partial charge in [-0.3, -0.25) is 10.2 Å². The summed E-state index contributed by atoms with van der Waals surface area (Å²) in [4.78, 5) is 12.2. The molecule has 0 saturated carbocycles. The molecule has 0 aliphatic rings. The summed E-state index contributed by atoms with van der Waals surface area (Å²) in [7, 11) is 1.55. The second kappa shape index (κ2) is 10.5. The molecule has 1 amide bonds. The van der Waals surface area contributed by atoms with Gasteiger partial charge in [-0.05, 0) is 64.8 Å². The summed E-state index contributed by atoms with van der Waals surface area (Å²) in [5, 5.41) is 7.03. The Morgan fingerprint density at radius 1 is 1.07 bits per heavy atom. The Morgan fingerprint density at radius 3 is 2.50 bits per heavy atom. The lowest BCUT2D eigenvalue weighted by molar-refractivity contribution is -0.118. The predicted octanol–water partition coefficient (Wildman–Crippen LogP) is 5.23. The zero-order chi connectivity index (χ0) is 21.3. The Hall–Kier alpha value is -3.32. The predicted molar refractivity (Wildman–Crippen MR) is 124 cm³/mol. The highest BCUT2D eigenvalue weighted by molar-refractivity contribution is 9.10. The van der Waals surface area contributed by atoms with Gasteiger partial charge in [-0.1, -0.05) is 35.9 Å². The molecule has 0 atom stereocenters.